The highest BCUT2D eigenvalue weighted by atomic mass is 19.1. The molecule has 0 radical (unpaired) electrons. The maximum Gasteiger partial charge on any atom is 0.284 e. The van der Waals surface area contributed by atoms with Crippen LogP contribution < -0.4 is 10.5 Å². The summed E-state index contributed by atoms with van der Waals surface area (Å²) in [7, 11) is 0. The van der Waals surface area contributed by atoms with E-state index in [1.54, 1.807) is 30.3 Å². The summed E-state index contributed by atoms with van der Waals surface area (Å²) in [6.07, 6.45) is 2.62. The van der Waals surface area contributed by atoms with E-state index in [0.717, 1.165) is 0 Å². The molecular weight excluding hydrogens is 442 g/mol. The van der Waals surface area contributed by atoms with Gasteiger partial charge in [-0.25, -0.2) is 4.98 Å². The predicted octanol–water partition coefficient (Wildman–Crippen LogP) is 4.21. The number of pyridine rings is 2. The Hall–Kier alpha value is -4.29. The van der Waals surface area contributed by atoms with E-state index >= 15 is 0 Å². The second kappa shape index (κ2) is 8.24. The number of hydrogen-bond donors (Lipinski definition) is 2. The highest BCUT2D eigenvalue weighted by Gasteiger charge is 2.31. The van der Waals surface area contributed by atoms with Crippen LogP contribution >= 0.6 is 0 Å². The van der Waals surface area contributed by atoms with E-state index in [4.69, 9.17) is 25.4 Å². The molecule has 3 N–H and O–H groups in total. The number of nitrogens with one attached hydrogen (secondary N) is 1. The van der Waals surface area contributed by atoms with E-state index in [-0.39, 0.29) is 16.9 Å². The minimum atomic E-state index is -0.778. The van der Waals surface area contributed by atoms with Gasteiger partial charge in [-0.3, -0.25) is 5.41 Å². The van der Waals surface area contributed by atoms with Gasteiger partial charge in [-0.2, -0.15) is 13.8 Å². The van der Waals surface area contributed by atoms with Gasteiger partial charge in [-0.15, -0.1) is 0 Å². The zero-order chi connectivity index (χ0) is 23.9. The van der Waals surface area contributed by atoms with Crippen LogP contribution in [0.3, 0.4) is 0 Å². The fourth-order valence-corrected chi connectivity index (χ4v) is 3.63. The Balaban J connectivity index is 1.64. The predicted molar refractivity (Wildman–Crippen MR) is 120 cm³/mol. The van der Waals surface area contributed by atoms with Gasteiger partial charge in [0.05, 0.1) is 24.2 Å². The first-order valence-electron chi connectivity index (χ1n) is 10.3. The van der Waals surface area contributed by atoms with Gasteiger partial charge in [0.2, 0.25) is 17.8 Å². The van der Waals surface area contributed by atoms with Crippen molar-refractivity contribution in [1.82, 2.24) is 9.97 Å². The number of ether oxygens (including phenoxy) is 3. The van der Waals surface area contributed by atoms with E-state index in [2.05, 4.69) is 21.8 Å². The lowest BCUT2D eigenvalue weighted by atomic mass is 9.89. The third-order valence-corrected chi connectivity index (χ3v) is 5.42. The standard InChI is InChI=1S/C25H18F2N4O3/c1-25(12-32-13-25)7-6-15-10-18-19(11-33-24(28)29)17-9-14(16-3-2-8-30-22(16)27)4-5-20(17)34-23(18)31-21(15)26/h2-5,8-11H,12-13H2,1H3,(H3,28,29). The SMILES string of the molecule is CC1(C#Cc2cc3c(nc2F)Oc2ccc(-c4cccnc4F)cc2C3=COC(=N)N)COC1. The van der Waals surface area contributed by atoms with Crippen molar-refractivity contribution in [1.29, 1.82) is 5.41 Å². The van der Waals surface area contributed by atoms with E-state index in [1.807, 2.05) is 6.92 Å². The number of hydrogen-bond acceptors (Lipinski definition) is 6. The average Bonchev–Trinajstić information content (AvgIpc) is 2.79. The van der Waals surface area contributed by atoms with Crippen molar-refractivity contribution in [2.45, 2.75) is 6.92 Å². The Morgan fingerprint density at radius 3 is 2.71 bits per heavy atom. The summed E-state index contributed by atoms with van der Waals surface area (Å²) in [5, 5.41) is 7.44. The van der Waals surface area contributed by atoms with Gasteiger partial charge in [0.1, 0.15) is 12.0 Å². The largest absolute Gasteiger partial charge is 0.438 e. The first kappa shape index (κ1) is 21.6. The molecule has 9 heteroatoms. The second-order valence-corrected chi connectivity index (χ2v) is 8.15. The molecule has 0 saturated carbocycles. The molecule has 0 bridgehead atoms. The number of benzene rings is 1. The summed E-state index contributed by atoms with van der Waals surface area (Å²) in [6.45, 7) is 2.88. The van der Waals surface area contributed by atoms with Gasteiger partial charge >= 0.3 is 0 Å². The lowest BCUT2D eigenvalue weighted by Crippen LogP contribution is -2.38. The fraction of sp³-hybridized carbons (Fsp3) is 0.160. The Kier molecular flexibility index (Phi) is 5.23. The number of nitrogens with two attached hydrogens (primary N) is 1. The monoisotopic (exact) mass is 460 g/mol. The molecule has 0 atom stereocenters. The average molecular weight is 460 g/mol. The number of amidine groups is 1. The van der Waals surface area contributed by atoms with E-state index in [1.165, 1.54) is 18.5 Å². The summed E-state index contributed by atoms with van der Waals surface area (Å²) in [5.41, 5.74) is 7.27. The van der Waals surface area contributed by atoms with Gasteiger partial charge in [0.15, 0.2) is 0 Å². The van der Waals surface area contributed by atoms with Crippen molar-refractivity contribution in [2.24, 2.45) is 11.1 Å². The summed E-state index contributed by atoms with van der Waals surface area (Å²) in [5.74, 6) is 4.83. The van der Waals surface area contributed by atoms with Gasteiger partial charge in [-0.05, 0) is 42.8 Å². The maximum atomic E-state index is 14.7. The molecule has 4 heterocycles. The Morgan fingerprint density at radius 1 is 1.18 bits per heavy atom. The number of aromatic nitrogens is 2. The molecule has 2 aliphatic heterocycles. The molecule has 1 fully saturated rings. The van der Waals surface area contributed by atoms with Crippen LogP contribution in [0.1, 0.15) is 23.6 Å². The molecule has 0 aliphatic carbocycles. The Bertz CT molecular complexity index is 1420. The molecule has 0 spiro atoms. The Labute approximate surface area is 193 Å². The molecule has 5 rings (SSSR count). The number of fused-ring (bicyclic) bond motifs is 2. The van der Waals surface area contributed by atoms with Gasteiger partial charge in [-0.1, -0.05) is 17.9 Å². The van der Waals surface area contributed by atoms with E-state index in [9.17, 15) is 8.78 Å². The molecule has 2 aliphatic rings. The molecule has 1 saturated heterocycles. The first-order valence-corrected chi connectivity index (χ1v) is 10.3. The third kappa shape index (κ3) is 3.95. The molecule has 1 aromatic carbocycles. The van der Waals surface area contributed by atoms with Crippen LogP contribution in [0.2, 0.25) is 0 Å². The molecule has 34 heavy (non-hydrogen) atoms. The van der Waals surface area contributed by atoms with Gasteiger partial charge < -0.3 is 19.9 Å². The Morgan fingerprint density at radius 2 is 2.00 bits per heavy atom. The molecule has 7 nitrogen and oxygen atoms in total. The molecule has 0 unspecified atom stereocenters. The van der Waals surface area contributed by atoms with Crippen molar-refractivity contribution in [3.05, 3.63) is 77.4 Å². The number of halogens is 2. The van der Waals surface area contributed by atoms with Crippen molar-refractivity contribution in [3.63, 3.8) is 0 Å². The van der Waals surface area contributed by atoms with Crippen molar-refractivity contribution in [2.75, 3.05) is 13.2 Å². The topological polar surface area (TPSA) is 103 Å². The van der Waals surface area contributed by atoms with Crippen LogP contribution in [0, 0.1) is 34.6 Å². The molecule has 2 aromatic heterocycles. The van der Waals surface area contributed by atoms with Crippen LogP contribution in [0.25, 0.3) is 16.7 Å². The summed E-state index contributed by atoms with van der Waals surface area (Å²) < 4.78 is 45.2. The molecule has 0 amide bonds. The van der Waals surface area contributed by atoms with Crippen molar-refractivity contribution >= 4 is 11.6 Å². The van der Waals surface area contributed by atoms with Gasteiger partial charge in [0, 0.05) is 28.5 Å². The summed E-state index contributed by atoms with van der Waals surface area (Å²) in [4.78, 5) is 7.65. The molecular formula is C25H18F2N4O3. The van der Waals surface area contributed by atoms with Crippen LogP contribution in [0.15, 0.2) is 48.9 Å². The highest BCUT2D eigenvalue weighted by Crippen LogP contribution is 2.44. The molecule has 3 aromatic rings. The summed E-state index contributed by atoms with van der Waals surface area (Å²) >= 11 is 0. The number of rotatable bonds is 2. The molecule has 170 valence electrons. The highest BCUT2D eigenvalue weighted by molar-refractivity contribution is 5.89. The number of nitrogens with zero attached hydrogens (tertiary/aromatic N) is 2. The summed E-state index contributed by atoms with van der Waals surface area (Å²) in [6, 6.07) is 9.16. The van der Waals surface area contributed by atoms with Gasteiger partial charge in [0.25, 0.3) is 6.02 Å². The lowest BCUT2D eigenvalue weighted by molar-refractivity contribution is -0.0648. The van der Waals surface area contributed by atoms with E-state index < -0.39 is 17.9 Å². The normalized spacial score (nSPS) is 16.3. The van der Waals surface area contributed by atoms with Crippen LogP contribution in [-0.2, 0) is 9.47 Å². The van der Waals surface area contributed by atoms with Crippen LogP contribution in [0.5, 0.6) is 11.6 Å². The van der Waals surface area contributed by atoms with Crippen molar-refractivity contribution < 1.29 is 23.0 Å². The fourth-order valence-electron chi connectivity index (χ4n) is 3.63. The van der Waals surface area contributed by atoms with E-state index in [0.29, 0.717) is 46.8 Å². The second-order valence-electron chi connectivity index (χ2n) is 8.15. The lowest BCUT2D eigenvalue weighted by Gasteiger charge is -2.32. The van der Waals surface area contributed by atoms with Crippen LogP contribution in [-0.4, -0.2) is 29.2 Å². The minimum absolute atomic E-state index is 0.00690. The minimum Gasteiger partial charge on any atom is -0.438 e. The zero-order valence-electron chi connectivity index (χ0n) is 18.0. The zero-order valence-corrected chi connectivity index (χ0v) is 18.0. The quantitative estimate of drug-likeness (QED) is 0.153. The van der Waals surface area contributed by atoms with Crippen molar-refractivity contribution in [3.8, 4) is 34.6 Å². The third-order valence-electron chi connectivity index (χ3n) is 5.42. The van der Waals surface area contributed by atoms with Crippen LogP contribution in [0.4, 0.5) is 8.78 Å². The maximum absolute atomic E-state index is 14.7. The smallest absolute Gasteiger partial charge is 0.284 e. The first-order chi connectivity index (χ1) is 16.3.